The molecule has 1 aromatic carbocycles. The Balaban J connectivity index is 1.67. The Morgan fingerprint density at radius 1 is 1.21 bits per heavy atom. The molecule has 0 saturated heterocycles. The second-order valence-electron chi connectivity index (χ2n) is 6.42. The van der Waals surface area contributed by atoms with E-state index in [0.717, 1.165) is 17.0 Å². The summed E-state index contributed by atoms with van der Waals surface area (Å²) in [4.78, 5) is 21.2. The van der Waals surface area contributed by atoms with E-state index >= 15 is 0 Å². The summed E-state index contributed by atoms with van der Waals surface area (Å²) in [6.45, 7) is 2.19. The van der Waals surface area contributed by atoms with Gasteiger partial charge in [-0.15, -0.1) is 0 Å². The van der Waals surface area contributed by atoms with Gasteiger partial charge in [0.15, 0.2) is 5.65 Å². The minimum absolute atomic E-state index is 0.301. The summed E-state index contributed by atoms with van der Waals surface area (Å²) >= 11 is 6.59. The van der Waals surface area contributed by atoms with E-state index in [1.165, 1.54) is 6.20 Å². The van der Waals surface area contributed by atoms with Crippen molar-refractivity contribution in [1.82, 2.24) is 25.1 Å². The van der Waals surface area contributed by atoms with E-state index in [1.807, 2.05) is 43.3 Å². The van der Waals surface area contributed by atoms with Gasteiger partial charge < -0.3 is 10.1 Å². The van der Waals surface area contributed by atoms with Gasteiger partial charge in [-0.1, -0.05) is 17.7 Å². The van der Waals surface area contributed by atoms with Crippen LogP contribution in [0.5, 0.6) is 5.75 Å². The Hall–Kier alpha value is -3.45. The lowest BCUT2D eigenvalue weighted by Crippen LogP contribution is -2.23. The lowest BCUT2D eigenvalue weighted by atomic mass is 10.2. The van der Waals surface area contributed by atoms with Crippen molar-refractivity contribution in [3.05, 3.63) is 76.8 Å². The SMILES string of the molecule is COc1ccc(-n2nc(C)c3c(Cl)c(C(=O)NCc4cccnc4)cnc32)cc1. The lowest BCUT2D eigenvalue weighted by molar-refractivity contribution is 0.0951. The summed E-state index contributed by atoms with van der Waals surface area (Å²) in [7, 11) is 1.62. The fourth-order valence-electron chi connectivity index (χ4n) is 3.05. The average molecular weight is 408 g/mol. The van der Waals surface area contributed by atoms with Crippen LogP contribution < -0.4 is 10.1 Å². The fraction of sp³-hybridized carbons (Fsp3) is 0.143. The number of hydrogen-bond donors (Lipinski definition) is 1. The van der Waals surface area contributed by atoms with Gasteiger partial charge in [-0.3, -0.25) is 9.78 Å². The van der Waals surface area contributed by atoms with Gasteiger partial charge in [0.25, 0.3) is 5.91 Å². The van der Waals surface area contributed by atoms with Crippen LogP contribution in [0.3, 0.4) is 0 Å². The molecule has 4 rings (SSSR count). The Morgan fingerprint density at radius 3 is 2.69 bits per heavy atom. The predicted octanol–water partition coefficient (Wildman–Crippen LogP) is 3.72. The molecule has 4 aromatic rings. The molecule has 0 aliphatic heterocycles. The fourth-order valence-corrected chi connectivity index (χ4v) is 3.41. The average Bonchev–Trinajstić information content (AvgIpc) is 3.10. The number of aromatic nitrogens is 4. The number of pyridine rings is 2. The van der Waals surface area contributed by atoms with Gasteiger partial charge in [0.2, 0.25) is 0 Å². The van der Waals surface area contributed by atoms with Gasteiger partial charge in [0.05, 0.1) is 34.5 Å². The molecule has 1 N–H and O–H groups in total. The number of fused-ring (bicyclic) bond motifs is 1. The van der Waals surface area contributed by atoms with E-state index in [1.54, 1.807) is 24.2 Å². The molecule has 0 aliphatic carbocycles. The smallest absolute Gasteiger partial charge is 0.254 e. The number of carbonyl (C=O) groups is 1. The molecule has 0 saturated carbocycles. The zero-order chi connectivity index (χ0) is 20.4. The van der Waals surface area contributed by atoms with Gasteiger partial charge in [-0.25, -0.2) is 9.67 Å². The quantitative estimate of drug-likeness (QED) is 0.545. The van der Waals surface area contributed by atoms with Gasteiger partial charge in [0, 0.05) is 25.1 Å². The molecule has 0 bridgehead atoms. The number of nitrogens with zero attached hydrogens (tertiary/aromatic N) is 4. The molecule has 0 spiro atoms. The largest absolute Gasteiger partial charge is 0.497 e. The topological polar surface area (TPSA) is 81.9 Å². The normalized spacial score (nSPS) is 10.9. The molecule has 7 nitrogen and oxygen atoms in total. The highest BCUT2D eigenvalue weighted by Gasteiger charge is 2.20. The highest BCUT2D eigenvalue weighted by Crippen LogP contribution is 2.30. The molecule has 146 valence electrons. The van der Waals surface area contributed by atoms with Crippen molar-refractivity contribution in [1.29, 1.82) is 0 Å². The summed E-state index contributed by atoms with van der Waals surface area (Å²) in [6, 6.07) is 11.2. The molecule has 29 heavy (non-hydrogen) atoms. The van der Waals surface area contributed by atoms with Crippen LogP contribution in [0.2, 0.25) is 5.02 Å². The maximum atomic E-state index is 12.6. The number of amides is 1. The predicted molar refractivity (Wildman–Crippen MR) is 111 cm³/mol. The molecule has 0 atom stereocenters. The van der Waals surface area contributed by atoms with Crippen molar-refractivity contribution in [2.75, 3.05) is 7.11 Å². The van der Waals surface area contributed by atoms with Crippen LogP contribution in [0.15, 0.2) is 55.0 Å². The van der Waals surface area contributed by atoms with Crippen molar-refractivity contribution in [2.24, 2.45) is 0 Å². The molecule has 3 aromatic heterocycles. The zero-order valence-corrected chi connectivity index (χ0v) is 16.6. The first-order chi connectivity index (χ1) is 14.1. The van der Waals surface area contributed by atoms with Gasteiger partial charge >= 0.3 is 0 Å². The summed E-state index contributed by atoms with van der Waals surface area (Å²) in [6.07, 6.45) is 4.86. The Labute approximate surface area is 172 Å². The number of hydrogen-bond acceptors (Lipinski definition) is 5. The van der Waals surface area contributed by atoms with E-state index in [2.05, 4.69) is 20.4 Å². The molecule has 3 heterocycles. The monoisotopic (exact) mass is 407 g/mol. The molecular weight excluding hydrogens is 390 g/mol. The zero-order valence-electron chi connectivity index (χ0n) is 15.9. The van der Waals surface area contributed by atoms with Crippen molar-refractivity contribution >= 4 is 28.5 Å². The van der Waals surface area contributed by atoms with Crippen LogP contribution in [-0.2, 0) is 6.54 Å². The van der Waals surface area contributed by atoms with Gasteiger partial charge in [-0.2, -0.15) is 5.10 Å². The third kappa shape index (κ3) is 3.64. The number of halogens is 1. The number of carbonyl (C=O) groups excluding carboxylic acids is 1. The van der Waals surface area contributed by atoms with E-state index in [-0.39, 0.29) is 5.91 Å². The number of nitrogens with one attached hydrogen (secondary N) is 1. The van der Waals surface area contributed by atoms with Crippen molar-refractivity contribution in [3.8, 4) is 11.4 Å². The number of methoxy groups -OCH3 is 1. The maximum absolute atomic E-state index is 12.6. The standard InChI is InChI=1S/C21H18ClN5O2/c1-13-18-19(22)17(21(28)25-11-14-4-3-9-23-10-14)12-24-20(18)27(26-13)15-5-7-16(29-2)8-6-15/h3-10,12H,11H2,1-2H3,(H,25,28). The number of benzene rings is 1. The Morgan fingerprint density at radius 2 is 2.00 bits per heavy atom. The molecule has 0 aliphatic rings. The lowest BCUT2D eigenvalue weighted by Gasteiger charge is -2.08. The summed E-state index contributed by atoms with van der Waals surface area (Å²) < 4.78 is 6.90. The van der Waals surface area contributed by atoms with E-state index < -0.39 is 0 Å². The van der Waals surface area contributed by atoms with Crippen LogP contribution in [0.4, 0.5) is 0 Å². The van der Waals surface area contributed by atoms with Gasteiger partial charge in [-0.05, 0) is 42.8 Å². The first kappa shape index (κ1) is 18.9. The van der Waals surface area contributed by atoms with E-state index in [0.29, 0.717) is 33.9 Å². The van der Waals surface area contributed by atoms with Crippen molar-refractivity contribution in [2.45, 2.75) is 13.5 Å². The molecule has 0 unspecified atom stereocenters. The van der Waals surface area contributed by atoms with E-state index in [9.17, 15) is 4.79 Å². The summed E-state index contributed by atoms with van der Waals surface area (Å²) in [5, 5.41) is 8.39. The second kappa shape index (κ2) is 7.89. The first-order valence-electron chi connectivity index (χ1n) is 8.94. The van der Waals surface area contributed by atoms with Crippen LogP contribution >= 0.6 is 11.6 Å². The first-order valence-corrected chi connectivity index (χ1v) is 9.31. The number of rotatable bonds is 5. The Kier molecular flexibility index (Phi) is 5.14. The molecule has 1 amide bonds. The third-order valence-corrected chi connectivity index (χ3v) is 4.94. The summed E-state index contributed by atoms with van der Waals surface area (Å²) in [5.41, 5.74) is 3.30. The molecule has 0 radical (unpaired) electrons. The van der Waals surface area contributed by atoms with E-state index in [4.69, 9.17) is 16.3 Å². The van der Waals surface area contributed by atoms with Crippen LogP contribution in [0, 0.1) is 6.92 Å². The second-order valence-corrected chi connectivity index (χ2v) is 6.80. The van der Waals surface area contributed by atoms with Crippen LogP contribution in [0.25, 0.3) is 16.7 Å². The highest BCUT2D eigenvalue weighted by molar-refractivity contribution is 6.38. The van der Waals surface area contributed by atoms with Crippen molar-refractivity contribution in [3.63, 3.8) is 0 Å². The maximum Gasteiger partial charge on any atom is 0.254 e. The number of ether oxygens (including phenoxy) is 1. The van der Waals surface area contributed by atoms with Crippen LogP contribution in [0.1, 0.15) is 21.6 Å². The minimum Gasteiger partial charge on any atom is -0.497 e. The van der Waals surface area contributed by atoms with Crippen LogP contribution in [-0.4, -0.2) is 32.8 Å². The molecule has 0 fully saturated rings. The minimum atomic E-state index is -0.301. The summed E-state index contributed by atoms with van der Waals surface area (Å²) in [5.74, 6) is 0.449. The van der Waals surface area contributed by atoms with Crippen molar-refractivity contribution < 1.29 is 9.53 Å². The number of aryl methyl sites for hydroxylation is 1. The molecular formula is C21H18ClN5O2. The third-order valence-electron chi connectivity index (χ3n) is 4.55. The molecule has 8 heteroatoms. The van der Waals surface area contributed by atoms with Gasteiger partial charge in [0.1, 0.15) is 5.75 Å². The Bertz CT molecular complexity index is 1170. The highest BCUT2D eigenvalue weighted by atomic mass is 35.5.